The van der Waals surface area contributed by atoms with E-state index in [9.17, 15) is 9.90 Å². The smallest absolute Gasteiger partial charge is 0.314 e. The highest BCUT2D eigenvalue weighted by Crippen LogP contribution is 2.16. The van der Waals surface area contributed by atoms with Crippen molar-refractivity contribution in [2.75, 3.05) is 13.1 Å². The van der Waals surface area contributed by atoms with E-state index in [2.05, 4.69) is 25.4 Å². The number of hydrogen-bond donors (Lipinski definition) is 3. The Balaban J connectivity index is 1.40. The number of fused-ring (bicyclic) bond motifs is 1. The standard InChI is InChI=1S/C17H23N5O2/c1-12-5-2-3-6-13(12)14(23)11-19-17(24)18-9-8-16-21-20-15-7-4-10-22(15)16/h2-3,5-6,14,23H,4,7-11H2,1H3,(H2,18,19,24). The first-order valence-corrected chi connectivity index (χ1v) is 8.31. The Morgan fingerprint density at radius 3 is 3.00 bits per heavy atom. The van der Waals surface area contributed by atoms with Crippen LogP contribution in [0.25, 0.3) is 0 Å². The van der Waals surface area contributed by atoms with Crippen molar-refractivity contribution in [1.82, 2.24) is 25.4 Å². The molecule has 0 fully saturated rings. The molecule has 1 aliphatic rings. The second-order valence-electron chi connectivity index (χ2n) is 6.05. The average Bonchev–Trinajstić information content (AvgIpc) is 3.18. The quantitative estimate of drug-likeness (QED) is 0.740. The Morgan fingerprint density at radius 1 is 1.33 bits per heavy atom. The summed E-state index contributed by atoms with van der Waals surface area (Å²) in [5, 5.41) is 24.0. The fourth-order valence-electron chi connectivity index (χ4n) is 3.01. The van der Waals surface area contributed by atoms with Crippen LogP contribution in [-0.4, -0.2) is 39.0 Å². The van der Waals surface area contributed by atoms with Gasteiger partial charge in [0.05, 0.1) is 6.10 Å². The Hall–Kier alpha value is -2.41. The van der Waals surface area contributed by atoms with Gasteiger partial charge in [-0.05, 0) is 24.5 Å². The first-order chi connectivity index (χ1) is 11.6. The Bertz CT molecular complexity index is 713. The molecule has 1 aromatic carbocycles. The number of hydrogen-bond acceptors (Lipinski definition) is 4. The lowest BCUT2D eigenvalue weighted by molar-refractivity contribution is 0.172. The number of carbonyl (C=O) groups is 1. The molecular weight excluding hydrogens is 306 g/mol. The summed E-state index contributed by atoms with van der Waals surface area (Å²) >= 11 is 0. The first kappa shape index (κ1) is 16.4. The number of aryl methyl sites for hydroxylation is 2. The van der Waals surface area contributed by atoms with Crippen LogP contribution in [0.15, 0.2) is 24.3 Å². The third-order valence-electron chi connectivity index (χ3n) is 4.32. The van der Waals surface area contributed by atoms with Crippen LogP contribution in [-0.2, 0) is 19.4 Å². The van der Waals surface area contributed by atoms with Crippen molar-refractivity contribution >= 4 is 6.03 Å². The average molecular weight is 329 g/mol. The second kappa shape index (κ2) is 7.44. The number of nitrogens with zero attached hydrogens (tertiary/aromatic N) is 3. The molecule has 0 saturated carbocycles. The summed E-state index contributed by atoms with van der Waals surface area (Å²) in [6, 6.07) is 7.32. The van der Waals surface area contributed by atoms with Gasteiger partial charge in [0.2, 0.25) is 0 Å². The molecule has 0 radical (unpaired) electrons. The molecule has 1 aliphatic heterocycles. The summed E-state index contributed by atoms with van der Waals surface area (Å²) in [5.74, 6) is 1.96. The van der Waals surface area contributed by atoms with E-state index in [0.717, 1.165) is 42.2 Å². The molecule has 3 N–H and O–H groups in total. The number of nitrogens with one attached hydrogen (secondary N) is 2. The summed E-state index contributed by atoms with van der Waals surface area (Å²) < 4.78 is 2.13. The molecule has 1 aromatic heterocycles. The van der Waals surface area contributed by atoms with Crippen molar-refractivity contribution in [3.05, 3.63) is 47.0 Å². The van der Waals surface area contributed by atoms with Crippen molar-refractivity contribution in [1.29, 1.82) is 0 Å². The van der Waals surface area contributed by atoms with Crippen LogP contribution < -0.4 is 10.6 Å². The van der Waals surface area contributed by atoms with Crippen LogP contribution in [0, 0.1) is 6.92 Å². The number of urea groups is 1. The summed E-state index contributed by atoms with van der Waals surface area (Å²) in [7, 11) is 0. The monoisotopic (exact) mass is 329 g/mol. The van der Waals surface area contributed by atoms with E-state index in [-0.39, 0.29) is 12.6 Å². The van der Waals surface area contributed by atoms with E-state index < -0.39 is 6.10 Å². The highest BCUT2D eigenvalue weighted by Gasteiger charge is 2.17. The number of aliphatic hydroxyl groups is 1. The largest absolute Gasteiger partial charge is 0.387 e. The minimum atomic E-state index is -0.711. The molecule has 0 spiro atoms. The van der Waals surface area contributed by atoms with E-state index in [1.807, 2.05) is 31.2 Å². The lowest BCUT2D eigenvalue weighted by Gasteiger charge is -2.15. The molecule has 0 saturated heterocycles. The van der Waals surface area contributed by atoms with Crippen LogP contribution in [0.5, 0.6) is 0 Å². The van der Waals surface area contributed by atoms with E-state index >= 15 is 0 Å². The van der Waals surface area contributed by atoms with Crippen molar-refractivity contribution in [2.45, 2.75) is 38.8 Å². The zero-order valence-corrected chi connectivity index (χ0v) is 13.8. The fraction of sp³-hybridized carbons (Fsp3) is 0.471. The minimum Gasteiger partial charge on any atom is -0.387 e. The molecule has 7 nitrogen and oxygen atoms in total. The third kappa shape index (κ3) is 3.73. The third-order valence-corrected chi connectivity index (χ3v) is 4.32. The molecular formula is C17H23N5O2. The summed E-state index contributed by atoms with van der Waals surface area (Å²) in [5.41, 5.74) is 1.84. The predicted octanol–water partition coefficient (Wildman–Crippen LogP) is 1.11. The molecule has 2 aromatic rings. The van der Waals surface area contributed by atoms with Gasteiger partial charge in [0, 0.05) is 32.5 Å². The Kier molecular flexibility index (Phi) is 5.10. The van der Waals surface area contributed by atoms with Gasteiger partial charge >= 0.3 is 6.03 Å². The molecule has 0 aliphatic carbocycles. The molecule has 128 valence electrons. The molecule has 7 heteroatoms. The maximum atomic E-state index is 11.8. The van der Waals surface area contributed by atoms with E-state index in [1.54, 1.807) is 0 Å². The highest BCUT2D eigenvalue weighted by molar-refractivity contribution is 5.73. The van der Waals surface area contributed by atoms with Gasteiger partial charge in [-0.25, -0.2) is 4.79 Å². The predicted molar refractivity (Wildman–Crippen MR) is 89.6 cm³/mol. The maximum absolute atomic E-state index is 11.8. The van der Waals surface area contributed by atoms with E-state index in [4.69, 9.17) is 0 Å². The fourth-order valence-corrected chi connectivity index (χ4v) is 3.01. The SMILES string of the molecule is Cc1ccccc1C(O)CNC(=O)NCCc1nnc2n1CCC2. The lowest BCUT2D eigenvalue weighted by atomic mass is 10.0. The van der Waals surface area contributed by atoms with Gasteiger partial charge in [-0.2, -0.15) is 0 Å². The number of aliphatic hydroxyl groups excluding tert-OH is 1. The molecule has 1 unspecified atom stereocenters. The van der Waals surface area contributed by atoms with Gasteiger partial charge in [0.25, 0.3) is 0 Å². The summed E-state index contributed by atoms with van der Waals surface area (Å²) in [4.78, 5) is 11.8. The minimum absolute atomic E-state index is 0.178. The van der Waals surface area contributed by atoms with Crippen molar-refractivity contribution < 1.29 is 9.90 Å². The number of amides is 2. The van der Waals surface area contributed by atoms with Gasteiger partial charge < -0.3 is 20.3 Å². The summed E-state index contributed by atoms with van der Waals surface area (Å²) in [6.07, 6.45) is 2.04. The molecule has 2 amide bonds. The van der Waals surface area contributed by atoms with Gasteiger partial charge in [-0.1, -0.05) is 24.3 Å². The summed E-state index contributed by atoms with van der Waals surface area (Å²) in [6.45, 7) is 3.57. The van der Waals surface area contributed by atoms with Crippen LogP contribution in [0.1, 0.15) is 35.3 Å². The van der Waals surface area contributed by atoms with Crippen LogP contribution in [0.2, 0.25) is 0 Å². The zero-order chi connectivity index (χ0) is 16.9. The lowest BCUT2D eigenvalue weighted by Crippen LogP contribution is -2.39. The van der Waals surface area contributed by atoms with E-state index in [1.165, 1.54) is 0 Å². The zero-order valence-electron chi connectivity index (χ0n) is 13.8. The van der Waals surface area contributed by atoms with Crippen LogP contribution in [0.4, 0.5) is 4.79 Å². The van der Waals surface area contributed by atoms with Crippen LogP contribution >= 0.6 is 0 Å². The van der Waals surface area contributed by atoms with Crippen molar-refractivity contribution in [3.8, 4) is 0 Å². The number of aromatic nitrogens is 3. The van der Waals surface area contributed by atoms with Gasteiger partial charge in [0.1, 0.15) is 11.6 Å². The number of rotatable bonds is 6. The van der Waals surface area contributed by atoms with Crippen molar-refractivity contribution in [3.63, 3.8) is 0 Å². The molecule has 3 rings (SSSR count). The van der Waals surface area contributed by atoms with Gasteiger partial charge in [-0.3, -0.25) is 0 Å². The number of carbonyl (C=O) groups excluding carboxylic acids is 1. The van der Waals surface area contributed by atoms with Crippen LogP contribution in [0.3, 0.4) is 0 Å². The highest BCUT2D eigenvalue weighted by atomic mass is 16.3. The molecule has 0 bridgehead atoms. The Morgan fingerprint density at radius 2 is 2.17 bits per heavy atom. The van der Waals surface area contributed by atoms with Gasteiger partial charge in [0.15, 0.2) is 0 Å². The van der Waals surface area contributed by atoms with Gasteiger partial charge in [-0.15, -0.1) is 10.2 Å². The molecule has 24 heavy (non-hydrogen) atoms. The maximum Gasteiger partial charge on any atom is 0.314 e. The second-order valence-corrected chi connectivity index (χ2v) is 6.05. The van der Waals surface area contributed by atoms with E-state index in [0.29, 0.717) is 13.0 Å². The first-order valence-electron chi connectivity index (χ1n) is 8.31. The normalized spacial score (nSPS) is 14.2. The number of benzene rings is 1. The van der Waals surface area contributed by atoms with Crippen molar-refractivity contribution in [2.24, 2.45) is 0 Å². The molecule has 1 atom stereocenters. The molecule has 2 heterocycles. The topological polar surface area (TPSA) is 92.1 Å². The Labute approximate surface area is 141 Å².